The molecular formula is C9H12N2O3. The standard InChI is InChI=1S/C9H12N2O3/c1-11-5-3-7(10-11)9(8(12)13)4-2-6-14-9/h3,5H,2,4,6H2,1H3,(H,12,13). The fourth-order valence-electron chi connectivity index (χ4n) is 1.75. The van der Waals surface area contributed by atoms with Crippen LogP contribution in [0.3, 0.4) is 0 Å². The van der Waals surface area contributed by atoms with Crippen molar-refractivity contribution >= 4 is 5.97 Å². The highest BCUT2D eigenvalue weighted by Gasteiger charge is 2.46. The molecule has 5 nitrogen and oxygen atoms in total. The third-order valence-corrected chi connectivity index (χ3v) is 2.49. The second-order valence-corrected chi connectivity index (χ2v) is 3.46. The van der Waals surface area contributed by atoms with Gasteiger partial charge in [-0.1, -0.05) is 0 Å². The normalized spacial score (nSPS) is 26.6. The Labute approximate surface area is 81.3 Å². The van der Waals surface area contributed by atoms with E-state index in [1.807, 2.05) is 0 Å². The van der Waals surface area contributed by atoms with Crippen LogP contribution in [0.4, 0.5) is 0 Å². The second-order valence-electron chi connectivity index (χ2n) is 3.46. The molecule has 2 heterocycles. The van der Waals surface area contributed by atoms with Crippen molar-refractivity contribution in [3.8, 4) is 0 Å². The van der Waals surface area contributed by atoms with Crippen LogP contribution in [0.15, 0.2) is 12.3 Å². The van der Waals surface area contributed by atoms with Gasteiger partial charge in [-0.05, 0) is 18.9 Å². The second kappa shape index (κ2) is 3.09. The zero-order valence-electron chi connectivity index (χ0n) is 7.93. The number of carboxylic acid groups (broad SMARTS) is 1. The van der Waals surface area contributed by atoms with Crippen LogP contribution in [0, 0.1) is 0 Å². The number of ether oxygens (including phenoxy) is 1. The highest BCUT2D eigenvalue weighted by Crippen LogP contribution is 2.35. The van der Waals surface area contributed by atoms with Crippen LogP contribution >= 0.6 is 0 Å². The SMILES string of the molecule is Cn1ccc(C2(C(=O)O)CCCO2)n1. The van der Waals surface area contributed by atoms with Crippen LogP contribution in [0.5, 0.6) is 0 Å². The monoisotopic (exact) mass is 196 g/mol. The smallest absolute Gasteiger partial charge is 0.342 e. The molecule has 1 saturated heterocycles. The highest BCUT2D eigenvalue weighted by atomic mass is 16.5. The van der Waals surface area contributed by atoms with Gasteiger partial charge in [0.25, 0.3) is 0 Å². The van der Waals surface area contributed by atoms with E-state index in [-0.39, 0.29) is 0 Å². The van der Waals surface area contributed by atoms with Crippen LogP contribution < -0.4 is 0 Å². The Morgan fingerprint density at radius 2 is 2.57 bits per heavy atom. The van der Waals surface area contributed by atoms with E-state index in [0.717, 1.165) is 6.42 Å². The summed E-state index contributed by atoms with van der Waals surface area (Å²) in [7, 11) is 1.76. The van der Waals surface area contributed by atoms with Crippen LogP contribution in [0.25, 0.3) is 0 Å². The van der Waals surface area contributed by atoms with Gasteiger partial charge in [0.2, 0.25) is 5.60 Å². The van der Waals surface area contributed by atoms with E-state index in [9.17, 15) is 4.79 Å². The predicted octanol–water partition coefficient (Wildman–Crippen LogP) is 0.510. The Bertz CT molecular complexity index is 353. The van der Waals surface area contributed by atoms with Gasteiger partial charge in [0.15, 0.2) is 0 Å². The quantitative estimate of drug-likeness (QED) is 0.748. The van der Waals surface area contributed by atoms with Crippen molar-refractivity contribution in [2.45, 2.75) is 18.4 Å². The molecule has 0 radical (unpaired) electrons. The summed E-state index contributed by atoms with van der Waals surface area (Å²) in [5.41, 5.74) is -0.716. The number of carbonyl (C=O) groups is 1. The molecule has 2 rings (SSSR count). The predicted molar refractivity (Wildman–Crippen MR) is 47.7 cm³/mol. The Kier molecular flexibility index (Phi) is 2.03. The number of aliphatic carboxylic acids is 1. The third-order valence-electron chi connectivity index (χ3n) is 2.49. The molecule has 1 aromatic rings. The summed E-state index contributed by atoms with van der Waals surface area (Å²) in [6, 6.07) is 1.69. The van der Waals surface area contributed by atoms with Crippen molar-refractivity contribution in [1.29, 1.82) is 0 Å². The molecule has 0 amide bonds. The molecule has 1 aliphatic heterocycles. The summed E-state index contributed by atoms with van der Waals surface area (Å²) in [5.74, 6) is -0.950. The first kappa shape index (κ1) is 9.21. The molecular weight excluding hydrogens is 184 g/mol. The molecule has 14 heavy (non-hydrogen) atoms. The van der Waals surface area contributed by atoms with E-state index in [1.54, 1.807) is 24.0 Å². The zero-order chi connectivity index (χ0) is 10.2. The molecule has 0 aliphatic carbocycles. The average Bonchev–Trinajstić information content (AvgIpc) is 2.71. The lowest BCUT2D eigenvalue weighted by atomic mass is 9.96. The molecule has 0 bridgehead atoms. The molecule has 0 saturated carbocycles. The van der Waals surface area contributed by atoms with Gasteiger partial charge < -0.3 is 9.84 Å². The van der Waals surface area contributed by atoms with Crippen molar-refractivity contribution in [3.63, 3.8) is 0 Å². The Morgan fingerprint density at radius 3 is 3.00 bits per heavy atom. The van der Waals surface area contributed by atoms with Gasteiger partial charge >= 0.3 is 5.97 Å². The maximum Gasteiger partial charge on any atom is 0.342 e. The summed E-state index contributed by atoms with van der Waals surface area (Å²) >= 11 is 0. The van der Waals surface area contributed by atoms with E-state index >= 15 is 0 Å². The first-order valence-electron chi connectivity index (χ1n) is 4.53. The maximum atomic E-state index is 11.2. The zero-order valence-corrected chi connectivity index (χ0v) is 7.93. The third kappa shape index (κ3) is 1.21. The van der Waals surface area contributed by atoms with Crippen LogP contribution in [0.2, 0.25) is 0 Å². The van der Waals surface area contributed by atoms with E-state index in [2.05, 4.69) is 5.10 Å². The molecule has 1 fully saturated rings. The van der Waals surface area contributed by atoms with E-state index in [0.29, 0.717) is 18.7 Å². The van der Waals surface area contributed by atoms with Crippen molar-refractivity contribution < 1.29 is 14.6 Å². The number of nitrogens with zero attached hydrogens (tertiary/aromatic N) is 2. The number of rotatable bonds is 2. The van der Waals surface area contributed by atoms with Gasteiger partial charge in [0, 0.05) is 19.9 Å². The van der Waals surface area contributed by atoms with Crippen molar-refractivity contribution in [3.05, 3.63) is 18.0 Å². The lowest BCUT2D eigenvalue weighted by molar-refractivity contribution is -0.161. The Hall–Kier alpha value is -1.36. The topological polar surface area (TPSA) is 64.4 Å². The average molecular weight is 196 g/mol. The van der Waals surface area contributed by atoms with Gasteiger partial charge in [0.05, 0.1) is 0 Å². The van der Waals surface area contributed by atoms with Crippen molar-refractivity contribution in [2.75, 3.05) is 6.61 Å². The number of carboxylic acids is 1. The summed E-state index contributed by atoms with van der Waals surface area (Å²) in [4.78, 5) is 11.2. The van der Waals surface area contributed by atoms with Crippen LogP contribution in [-0.2, 0) is 22.2 Å². The molecule has 1 aliphatic rings. The number of hydrogen-bond acceptors (Lipinski definition) is 3. The van der Waals surface area contributed by atoms with E-state index in [1.165, 1.54) is 0 Å². The van der Waals surface area contributed by atoms with Crippen molar-refractivity contribution in [2.24, 2.45) is 7.05 Å². The maximum absolute atomic E-state index is 11.2. The minimum atomic E-state index is -1.21. The summed E-state index contributed by atoms with van der Waals surface area (Å²) < 4.78 is 6.91. The number of hydrogen-bond donors (Lipinski definition) is 1. The largest absolute Gasteiger partial charge is 0.479 e. The highest BCUT2D eigenvalue weighted by molar-refractivity contribution is 5.79. The molecule has 1 unspecified atom stereocenters. The summed E-state index contributed by atoms with van der Waals surface area (Å²) in [5, 5.41) is 13.2. The first-order chi connectivity index (χ1) is 6.65. The number of aryl methyl sites for hydroxylation is 1. The molecule has 0 spiro atoms. The number of aromatic nitrogens is 2. The molecule has 0 aromatic carbocycles. The molecule has 5 heteroatoms. The summed E-state index contributed by atoms with van der Waals surface area (Å²) in [6.45, 7) is 0.489. The minimum Gasteiger partial charge on any atom is -0.479 e. The molecule has 1 aromatic heterocycles. The lowest BCUT2D eigenvalue weighted by Gasteiger charge is -2.20. The molecule has 1 atom stereocenters. The van der Waals surface area contributed by atoms with E-state index in [4.69, 9.17) is 9.84 Å². The summed E-state index contributed by atoms with van der Waals surface area (Å²) in [6.07, 6.45) is 2.99. The van der Waals surface area contributed by atoms with E-state index < -0.39 is 11.6 Å². The molecule has 76 valence electrons. The van der Waals surface area contributed by atoms with Crippen LogP contribution in [0.1, 0.15) is 18.5 Å². The minimum absolute atomic E-state index is 0.489. The van der Waals surface area contributed by atoms with Gasteiger partial charge in [0.1, 0.15) is 5.69 Å². The van der Waals surface area contributed by atoms with Gasteiger partial charge in [-0.15, -0.1) is 0 Å². The Balaban J connectivity index is 2.41. The van der Waals surface area contributed by atoms with Gasteiger partial charge in [-0.3, -0.25) is 4.68 Å². The van der Waals surface area contributed by atoms with Crippen molar-refractivity contribution in [1.82, 2.24) is 9.78 Å². The van der Waals surface area contributed by atoms with Gasteiger partial charge in [-0.25, -0.2) is 4.79 Å². The fraction of sp³-hybridized carbons (Fsp3) is 0.556. The first-order valence-corrected chi connectivity index (χ1v) is 4.53. The molecule has 1 N–H and O–H groups in total. The Morgan fingerprint density at radius 1 is 1.79 bits per heavy atom. The lowest BCUT2D eigenvalue weighted by Crippen LogP contribution is -2.35. The van der Waals surface area contributed by atoms with Gasteiger partial charge in [-0.2, -0.15) is 5.10 Å². The van der Waals surface area contributed by atoms with Crippen LogP contribution in [-0.4, -0.2) is 27.5 Å². The fourth-order valence-corrected chi connectivity index (χ4v) is 1.75.